The van der Waals surface area contributed by atoms with Gasteiger partial charge in [0, 0.05) is 6.42 Å². The smallest absolute Gasteiger partial charge is 0.144 e. The molecular weight excluding hydrogens is 200 g/mol. The second kappa shape index (κ2) is 5.06. The molecule has 0 aliphatic heterocycles. The molecule has 86 valence electrons. The van der Waals surface area contributed by atoms with Gasteiger partial charge >= 0.3 is 0 Å². The lowest BCUT2D eigenvalue weighted by Gasteiger charge is -2.10. The van der Waals surface area contributed by atoms with Crippen molar-refractivity contribution in [3.63, 3.8) is 0 Å². The Balaban J connectivity index is 2.89. The van der Waals surface area contributed by atoms with Gasteiger partial charge in [-0.3, -0.25) is 9.59 Å². The lowest BCUT2D eigenvalue weighted by Crippen LogP contribution is -2.09. The summed E-state index contributed by atoms with van der Waals surface area (Å²) in [6.45, 7) is 7.51. The molecule has 0 bridgehead atoms. The van der Waals surface area contributed by atoms with E-state index in [4.69, 9.17) is 0 Å². The minimum absolute atomic E-state index is 0.00236. The number of carbonyl (C=O) groups is 2. The molecule has 0 N–H and O–H groups in total. The summed E-state index contributed by atoms with van der Waals surface area (Å²) in [7, 11) is 0. The molecule has 1 aromatic rings. The van der Waals surface area contributed by atoms with Crippen molar-refractivity contribution < 1.29 is 9.59 Å². The molecule has 0 saturated heterocycles. The van der Waals surface area contributed by atoms with Gasteiger partial charge < -0.3 is 0 Å². The van der Waals surface area contributed by atoms with Crippen LogP contribution < -0.4 is 0 Å². The van der Waals surface area contributed by atoms with Gasteiger partial charge in [0.15, 0.2) is 0 Å². The highest BCUT2D eigenvalue weighted by Crippen LogP contribution is 2.17. The van der Waals surface area contributed by atoms with Gasteiger partial charge in [-0.05, 0) is 44.4 Å². The summed E-state index contributed by atoms with van der Waals surface area (Å²) < 4.78 is 0. The highest BCUT2D eigenvalue weighted by atomic mass is 16.1. The molecule has 0 fully saturated rings. The summed E-state index contributed by atoms with van der Waals surface area (Å²) in [5.74, 6) is -0.0602. The average Bonchev–Trinajstić information content (AvgIpc) is 2.09. The van der Waals surface area contributed by atoms with E-state index in [0.717, 1.165) is 16.7 Å². The standard InChI is InChI=1S/C14H18O2/c1-9-5-10(2)14(11(3)6-9)8-13(16)7-12(4)15/h5-6H,7-8H2,1-4H3. The molecule has 16 heavy (non-hydrogen) atoms. The first-order valence-electron chi connectivity index (χ1n) is 5.48. The Labute approximate surface area is 96.7 Å². The predicted molar refractivity (Wildman–Crippen MR) is 64.7 cm³/mol. The van der Waals surface area contributed by atoms with Crippen molar-refractivity contribution in [2.45, 2.75) is 40.5 Å². The SMILES string of the molecule is CC(=O)CC(=O)Cc1c(C)cc(C)cc1C. The van der Waals surface area contributed by atoms with Crippen LogP contribution in [0.5, 0.6) is 0 Å². The first-order chi connectivity index (χ1) is 7.40. The molecule has 0 aliphatic carbocycles. The maximum Gasteiger partial charge on any atom is 0.144 e. The van der Waals surface area contributed by atoms with E-state index in [1.54, 1.807) is 0 Å². The zero-order valence-electron chi connectivity index (χ0n) is 10.4. The van der Waals surface area contributed by atoms with Crippen LogP contribution in [-0.4, -0.2) is 11.6 Å². The van der Waals surface area contributed by atoms with Crippen LogP contribution in [-0.2, 0) is 16.0 Å². The quantitative estimate of drug-likeness (QED) is 0.728. The molecule has 0 amide bonds. The maximum atomic E-state index is 11.6. The number of benzene rings is 1. The summed E-state index contributed by atoms with van der Waals surface area (Å²) in [5, 5.41) is 0. The molecule has 1 aromatic carbocycles. The van der Waals surface area contributed by atoms with Gasteiger partial charge in [0.2, 0.25) is 0 Å². The zero-order valence-corrected chi connectivity index (χ0v) is 10.4. The van der Waals surface area contributed by atoms with Crippen molar-refractivity contribution in [1.82, 2.24) is 0 Å². The summed E-state index contributed by atoms with van der Waals surface area (Å²) in [6.07, 6.45) is 0.421. The van der Waals surface area contributed by atoms with Gasteiger partial charge in [-0.15, -0.1) is 0 Å². The summed E-state index contributed by atoms with van der Waals surface area (Å²) >= 11 is 0. The van der Waals surface area contributed by atoms with Crippen LogP contribution in [0.15, 0.2) is 12.1 Å². The first-order valence-corrected chi connectivity index (χ1v) is 5.48. The molecule has 0 radical (unpaired) electrons. The Morgan fingerprint density at radius 1 is 1.06 bits per heavy atom. The fourth-order valence-electron chi connectivity index (χ4n) is 2.03. The number of hydrogen-bond donors (Lipinski definition) is 0. The fourth-order valence-corrected chi connectivity index (χ4v) is 2.03. The van der Waals surface area contributed by atoms with Gasteiger partial charge in [0.1, 0.15) is 11.6 Å². The Morgan fingerprint density at radius 3 is 2.00 bits per heavy atom. The molecule has 2 heteroatoms. The van der Waals surface area contributed by atoms with E-state index < -0.39 is 0 Å². The van der Waals surface area contributed by atoms with Crippen LogP contribution in [0.4, 0.5) is 0 Å². The van der Waals surface area contributed by atoms with Crippen molar-refractivity contribution in [2.24, 2.45) is 0 Å². The van der Waals surface area contributed by atoms with Crippen molar-refractivity contribution in [2.75, 3.05) is 0 Å². The minimum Gasteiger partial charge on any atom is -0.300 e. The van der Waals surface area contributed by atoms with Crippen LogP contribution in [0.25, 0.3) is 0 Å². The molecule has 0 unspecified atom stereocenters. The maximum absolute atomic E-state index is 11.6. The minimum atomic E-state index is -0.0626. The molecule has 0 aliphatic rings. The Kier molecular flexibility index (Phi) is 3.99. The van der Waals surface area contributed by atoms with Crippen molar-refractivity contribution >= 4 is 11.6 Å². The third-order valence-corrected chi connectivity index (χ3v) is 2.66. The van der Waals surface area contributed by atoms with Gasteiger partial charge in [-0.25, -0.2) is 0 Å². The van der Waals surface area contributed by atoms with E-state index in [1.165, 1.54) is 12.5 Å². The Bertz CT molecular complexity index is 407. The van der Waals surface area contributed by atoms with E-state index in [2.05, 4.69) is 12.1 Å². The number of carbonyl (C=O) groups excluding carboxylic acids is 2. The second-order valence-corrected chi connectivity index (χ2v) is 4.47. The van der Waals surface area contributed by atoms with E-state index >= 15 is 0 Å². The van der Waals surface area contributed by atoms with E-state index in [1.807, 2.05) is 20.8 Å². The molecule has 0 aromatic heterocycles. The van der Waals surface area contributed by atoms with Gasteiger partial charge in [0.05, 0.1) is 6.42 Å². The Morgan fingerprint density at radius 2 is 1.56 bits per heavy atom. The molecule has 0 saturated carbocycles. The van der Waals surface area contributed by atoms with Crippen LogP contribution in [0.1, 0.15) is 35.6 Å². The van der Waals surface area contributed by atoms with Gasteiger partial charge in [-0.1, -0.05) is 17.7 Å². The van der Waals surface area contributed by atoms with Crippen LogP contribution in [0.2, 0.25) is 0 Å². The fraction of sp³-hybridized carbons (Fsp3) is 0.429. The summed E-state index contributed by atoms with van der Waals surface area (Å²) in [5.41, 5.74) is 4.54. The number of aryl methyl sites for hydroxylation is 3. The number of rotatable bonds is 4. The zero-order chi connectivity index (χ0) is 12.3. The second-order valence-electron chi connectivity index (χ2n) is 4.47. The topological polar surface area (TPSA) is 34.1 Å². The molecule has 2 nitrogen and oxygen atoms in total. The number of ketones is 2. The largest absolute Gasteiger partial charge is 0.300 e. The molecule has 0 atom stereocenters. The third kappa shape index (κ3) is 3.30. The van der Waals surface area contributed by atoms with Crippen LogP contribution in [0, 0.1) is 20.8 Å². The van der Waals surface area contributed by atoms with Gasteiger partial charge in [-0.2, -0.15) is 0 Å². The predicted octanol–water partition coefficient (Wildman–Crippen LogP) is 2.70. The van der Waals surface area contributed by atoms with Crippen LogP contribution >= 0.6 is 0 Å². The number of Topliss-reactive ketones (excluding diaryl/α,β-unsaturated/α-hetero) is 2. The Hall–Kier alpha value is -1.44. The van der Waals surface area contributed by atoms with E-state index in [-0.39, 0.29) is 18.0 Å². The first kappa shape index (κ1) is 12.6. The van der Waals surface area contributed by atoms with E-state index in [9.17, 15) is 9.59 Å². The third-order valence-electron chi connectivity index (χ3n) is 2.66. The normalized spacial score (nSPS) is 10.2. The average molecular weight is 218 g/mol. The highest BCUT2D eigenvalue weighted by molar-refractivity contribution is 5.99. The van der Waals surface area contributed by atoms with E-state index in [0.29, 0.717) is 6.42 Å². The molecule has 1 rings (SSSR count). The molecule has 0 spiro atoms. The van der Waals surface area contributed by atoms with Crippen LogP contribution in [0.3, 0.4) is 0 Å². The van der Waals surface area contributed by atoms with Crippen molar-refractivity contribution in [3.05, 3.63) is 34.4 Å². The van der Waals surface area contributed by atoms with Crippen molar-refractivity contribution in [3.8, 4) is 0 Å². The van der Waals surface area contributed by atoms with Crippen molar-refractivity contribution in [1.29, 1.82) is 0 Å². The highest BCUT2D eigenvalue weighted by Gasteiger charge is 2.10. The molecular formula is C14H18O2. The summed E-state index contributed by atoms with van der Waals surface area (Å²) in [6, 6.07) is 4.15. The summed E-state index contributed by atoms with van der Waals surface area (Å²) in [4.78, 5) is 22.4. The lowest BCUT2D eigenvalue weighted by molar-refractivity contribution is -0.125. The monoisotopic (exact) mass is 218 g/mol. The van der Waals surface area contributed by atoms with Gasteiger partial charge in [0.25, 0.3) is 0 Å². The number of hydrogen-bond acceptors (Lipinski definition) is 2. The lowest BCUT2D eigenvalue weighted by atomic mass is 9.95. The molecule has 0 heterocycles.